The van der Waals surface area contributed by atoms with Crippen LogP contribution in [0.4, 0.5) is 5.69 Å². The first-order valence-corrected chi connectivity index (χ1v) is 11.0. The number of carboxylic acid groups (broad SMARTS) is 1. The Morgan fingerprint density at radius 3 is 2.31 bits per heavy atom. The van der Waals surface area contributed by atoms with Crippen molar-refractivity contribution in [1.29, 1.82) is 0 Å². The first-order chi connectivity index (χ1) is 15.4. The third kappa shape index (κ3) is 6.42. The lowest BCUT2D eigenvalue weighted by molar-refractivity contribution is -0.119. The van der Waals surface area contributed by atoms with Crippen molar-refractivity contribution in [3.05, 3.63) is 71.1 Å². The maximum Gasteiger partial charge on any atom is 0.348 e. The van der Waals surface area contributed by atoms with Crippen LogP contribution in [0.5, 0.6) is 5.75 Å². The first-order valence-electron chi connectivity index (χ1n) is 10.2. The number of aliphatic hydroxyl groups excluding tert-OH is 1. The third-order valence-electron chi connectivity index (χ3n) is 4.61. The molecular formula is C25H29NO5S. The second kappa shape index (κ2) is 12.0. The summed E-state index contributed by atoms with van der Waals surface area (Å²) in [7, 11) is 2.59. The number of methoxy groups -OCH3 is 1. The van der Waals surface area contributed by atoms with E-state index >= 15 is 0 Å². The minimum atomic E-state index is -1.04. The summed E-state index contributed by atoms with van der Waals surface area (Å²) in [6, 6.07) is 18.9. The van der Waals surface area contributed by atoms with Crippen molar-refractivity contribution >= 4 is 28.9 Å². The topological polar surface area (TPSA) is 87.1 Å². The Hall–Kier alpha value is -3.16. The second-order valence-corrected chi connectivity index (χ2v) is 8.48. The number of aliphatic hydroxyl groups is 1. The van der Waals surface area contributed by atoms with Gasteiger partial charge in [0.15, 0.2) is 0 Å². The molecule has 0 aliphatic rings. The minimum absolute atomic E-state index is 0.104. The van der Waals surface area contributed by atoms with E-state index in [9.17, 15) is 14.7 Å². The van der Waals surface area contributed by atoms with Gasteiger partial charge in [0.2, 0.25) is 5.91 Å². The summed E-state index contributed by atoms with van der Waals surface area (Å²) in [4.78, 5) is 27.7. The molecule has 0 unspecified atom stereocenters. The van der Waals surface area contributed by atoms with Crippen LogP contribution >= 0.6 is 11.3 Å². The number of thiophene rings is 1. The number of rotatable bonds is 8. The number of carbonyl (C=O) groups is 2. The van der Waals surface area contributed by atoms with Gasteiger partial charge in [-0.1, -0.05) is 56.3 Å². The van der Waals surface area contributed by atoms with E-state index in [1.807, 2.05) is 74.5 Å². The van der Waals surface area contributed by atoms with Crippen LogP contribution in [0, 0.1) is 5.92 Å². The molecule has 0 spiro atoms. The molecule has 7 heteroatoms. The average molecular weight is 456 g/mol. The van der Waals surface area contributed by atoms with Gasteiger partial charge in [-0.05, 0) is 35.2 Å². The van der Waals surface area contributed by atoms with Crippen molar-refractivity contribution in [2.45, 2.75) is 26.8 Å². The summed E-state index contributed by atoms with van der Waals surface area (Å²) in [5.74, 6) is -0.291. The number of anilines is 1. The molecule has 0 aliphatic heterocycles. The molecule has 32 heavy (non-hydrogen) atoms. The van der Waals surface area contributed by atoms with E-state index in [4.69, 9.17) is 9.84 Å². The van der Waals surface area contributed by atoms with Crippen LogP contribution in [0.3, 0.4) is 0 Å². The van der Waals surface area contributed by atoms with Gasteiger partial charge >= 0.3 is 5.97 Å². The van der Waals surface area contributed by atoms with Gasteiger partial charge in [0.1, 0.15) is 10.6 Å². The van der Waals surface area contributed by atoms with E-state index in [-0.39, 0.29) is 23.2 Å². The average Bonchev–Trinajstić information content (AvgIpc) is 3.24. The second-order valence-electron chi connectivity index (χ2n) is 7.43. The standard InChI is InChI=1S/C24H25NO4S.CH4O/c1-16(2)12-22(26)25(15-17-8-7-11-19(13-17)29-3)20-14-21(30-23(20)24(27)28)18-9-5-4-6-10-18;1-2/h4-11,13-14,16H,12,15H2,1-3H3,(H,27,28);2H,1H3. The van der Waals surface area contributed by atoms with Crippen molar-refractivity contribution in [3.63, 3.8) is 0 Å². The van der Waals surface area contributed by atoms with Crippen LogP contribution in [0.1, 0.15) is 35.5 Å². The Balaban J connectivity index is 0.00000176. The van der Waals surface area contributed by atoms with E-state index in [2.05, 4.69) is 0 Å². The van der Waals surface area contributed by atoms with Gasteiger partial charge in [0.25, 0.3) is 0 Å². The van der Waals surface area contributed by atoms with E-state index < -0.39 is 5.97 Å². The van der Waals surface area contributed by atoms with Gasteiger partial charge in [-0.3, -0.25) is 4.79 Å². The maximum atomic E-state index is 13.1. The van der Waals surface area contributed by atoms with Crippen LogP contribution in [0.15, 0.2) is 60.7 Å². The van der Waals surface area contributed by atoms with Gasteiger partial charge < -0.3 is 19.8 Å². The van der Waals surface area contributed by atoms with Crippen LogP contribution in [0.2, 0.25) is 0 Å². The van der Waals surface area contributed by atoms with E-state index in [0.29, 0.717) is 17.9 Å². The molecule has 0 radical (unpaired) electrons. The molecule has 0 saturated carbocycles. The molecule has 0 fully saturated rings. The molecule has 3 aromatic rings. The van der Waals surface area contributed by atoms with Crippen LogP contribution in [-0.4, -0.2) is 36.3 Å². The molecule has 0 bridgehead atoms. The molecule has 0 saturated heterocycles. The van der Waals surface area contributed by atoms with Crippen molar-refractivity contribution in [3.8, 4) is 16.2 Å². The number of ether oxygens (including phenoxy) is 1. The Bertz CT molecular complexity index is 1030. The van der Waals surface area contributed by atoms with Crippen LogP contribution < -0.4 is 9.64 Å². The zero-order chi connectivity index (χ0) is 23.7. The zero-order valence-corrected chi connectivity index (χ0v) is 19.6. The summed E-state index contributed by atoms with van der Waals surface area (Å²) in [6.07, 6.45) is 0.333. The normalized spacial score (nSPS) is 10.3. The fourth-order valence-corrected chi connectivity index (χ4v) is 4.21. The highest BCUT2D eigenvalue weighted by Crippen LogP contribution is 2.38. The Kier molecular flexibility index (Phi) is 9.43. The first kappa shape index (κ1) is 25.1. The Morgan fingerprint density at radius 2 is 1.72 bits per heavy atom. The summed E-state index contributed by atoms with van der Waals surface area (Å²) in [5.41, 5.74) is 2.23. The van der Waals surface area contributed by atoms with Crippen LogP contribution in [-0.2, 0) is 11.3 Å². The van der Waals surface area contributed by atoms with E-state index in [0.717, 1.165) is 23.1 Å². The lowest BCUT2D eigenvalue weighted by Crippen LogP contribution is -2.32. The fraction of sp³-hybridized carbons (Fsp3) is 0.280. The van der Waals surface area contributed by atoms with Crippen molar-refractivity contribution in [2.24, 2.45) is 5.92 Å². The molecule has 1 aromatic heterocycles. The van der Waals surface area contributed by atoms with Crippen molar-refractivity contribution in [2.75, 3.05) is 19.1 Å². The van der Waals surface area contributed by atoms with E-state index in [1.54, 1.807) is 12.0 Å². The number of hydrogen-bond acceptors (Lipinski definition) is 5. The quantitative estimate of drug-likeness (QED) is 0.481. The minimum Gasteiger partial charge on any atom is -0.497 e. The molecule has 3 rings (SSSR count). The predicted molar refractivity (Wildman–Crippen MR) is 128 cm³/mol. The van der Waals surface area contributed by atoms with Gasteiger partial charge in [-0.2, -0.15) is 0 Å². The molecule has 6 nitrogen and oxygen atoms in total. The number of amides is 1. The summed E-state index contributed by atoms with van der Waals surface area (Å²) in [5, 5.41) is 16.8. The molecule has 0 aliphatic carbocycles. The Morgan fingerprint density at radius 1 is 1.03 bits per heavy atom. The maximum absolute atomic E-state index is 13.1. The SMILES string of the molecule is CO.COc1cccc(CN(C(=O)CC(C)C)c2cc(-c3ccccc3)sc2C(=O)O)c1. The van der Waals surface area contributed by atoms with Gasteiger partial charge in [0.05, 0.1) is 19.3 Å². The number of benzene rings is 2. The number of nitrogens with zero attached hydrogens (tertiary/aromatic N) is 1. The lowest BCUT2D eigenvalue weighted by atomic mass is 10.1. The lowest BCUT2D eigenvalue weighted by Gasteiger charge is -2.24. The Labute approximate surface area is 192 Å². The monoisotopic (exact) mass is 455 g/mol. The number of carboxylic acids is 1. The highest BCUT2D eigenvalue weighted by Gasteiger charge is 2.26. The molecule has 1 heterocycles. The smallest absolute Gasteiger partial charge is 0.348 e. The van der Waals surface area contributed by atoms with Crippen molar-refractivity contribution in [1.82, 2.24) is 0 Å². The third-order valence-corrected chi connectivity index (χ3v) is 5.78. The summed E-state index contributed by atoms with van der Waals surface area (Å²) < 4.78 is 5.30. The highest BCUT2D eigenvalue weighted by atomic mass is 32.1. The fourth-order valence-electron chi connectivity index (χ4n) is 3.20. The highest BCUT2D eigenvalue weighted by molar-refractivity contribution is 7.18. The van der Waals surface area contributed by atoms with Crippen molar-refractivity contribution < 1.29 is 24.5 Å². The largest absolute Gasteiger partial charge is 0.497 e. The van der Waals surface area contributed by atoms with Gasteiger partial charge in [-0.15, -0.1) is 11.3 Å². The van der Waals surface area contributed by atoms with E-state index in [1.165, 1.54) is 11.3 Å². The molecule has 0 atom stereocenters. The summed E-state index contributed by atoms with van der Waals surface area (Å²) >= 11 is 1.19. The number of hydrogen-bond donors (Lipinski definition) is 2. The number of carbonyl (C=O) groups excluding carboxylic acids is 1. The molecule has 170 valence electrons. The predicted octanol–water partition coefficient (Wildman–Crippen LogP) is 5.31. The van der Waals surface area contributed by atoms with Crippen LogP contribution in [0.25, 0.3) is 10.4 Å². The van der Waals surface area contributed by atoms with Gasteiger partial charge in [-0.25, -0.2) is 4.79 Å². The molecular weight excluding hydrogens is 426 g/mol. The number of aromatic carboxylic acids is 1. The zero-order valence-electron chi connectivity index (χ0n) is 18.7. The molecule has 2 aromatic carbocycles. The molecule has 2 N–H and O–H groups in total. The molecule has 1 amide bonds. The summed E-state index contributed by atoms with van der Waals surface area (Å²) in [6.45, 7) is 4.22. The van der Waals surface area contributed by atoms with Gasteiger partial charge in [0, 0.05) is 18.4 Å².